The number of piperidine rings is 1. The van der Waals surface area contributed by atoms with Crippen LogP contribution in [0, 0.1) is 5.92 Å². The van der Waals surface area contributed by atoms with Crippen molar-refractivity contribution in [3.05, 3.63) is 24.2 Å². The Bertz CT molecular complexity index is 364. The van der Waals surface area contributed by atoms with Gasteiger partial charge in [-0.15, -0.1) is 0 Å². The van der Waals surface area contributed by atoms with E-state index < -0.39 is 0 Å². The summed E-state index contributed by atoms with van der Waals surface area (Å²) >= 11 is 0. The number of hydrogen-bond acceptors (Lipinski definition) is 3. The second-order valence-corrected chi connectivity index (χ2v) is 4.47. The highest BCUT2D eigenvalue weighted by Crippen LogP contribution is 2.34. The van der Waals surface area contributed by atoms with Crippen LogP contribution >= 0.6 is 0 Å². The van der Waals surface area contributed by atoms with Crippen molar-refractivity contribution in [3.63, 3.8) is 0 Å². The predicted octanol–water partition coefficient (Wildman–Crippen LogP) is 2.32. The summed E-state index contributed by atoms with van der Waals surface area (Å²) < 4.78 is 5.42. The molecule has 94 valence electrons. The van der Waals surface area contributed by atoms with Crippen LogP contribution in [-0.4, -0.2) is 24.6 Å². The highest BCUT2D eigenvalue weighted by Gasteiger charge is 2.32. The maximum atomic E-state index is 11.9. The minimum atomic E-state index is -0.208. The van der Waals surface area contributed by atoms with Crippen molar-refractivity contribution in [2.45, 2.75) is 25.8 Å². The zero-order chi connectivity index (χ0) is 12.3. The first-order chi connectivity index (χ1) is 8.22. The van der Waals surface area contributed by atoms with Crippen LogP contribution in [0.5, 0.6) is 0 Å². The highest BCUT2D eigenvalue weighted by molar-refractivity contribution is 5.73. The minimum Gasteiger partial charge on any atom is -0.467 e. The molecule has 2 unspecified atom stereocenters. The van der Waals surface area contributed by atoms with Gasteiger partial charge in [-0.1, -0.05) is 6.92 Å². The number of rotatable bonds is 2. The van der Waals surface area contributed by atoms with Gasteiger partial charge in [0.25, 0.3) is 0 Å². The fourth-order valence-electron chi connectivity index (χ4n) is 2.28. The molecule has 5 heteroatoms. The first kappa shape index (κ1) is 12.0. The van der Waals surface area contributed by atoms with Crippen molar-refractivity contribution in [3.8, 4) is 0 Å². The molecule has 2 atom stereocenters. The molecule has 1 aliphatic rings. The van der Waals surface area contributed by atoms with Crippen molar-refractivity contribution in [1.29, 1.82) is 0 Å². The van der Waals surface area contributed by atoms with Gasteiger partial charge in [-0.25, -0.2) is 10.3 Å². The number of hydrogen-bond donors (Lipinski definition) is 1. The molecule has 2 rings (SSSR count). The summed E-state index contributed by atoms with van der Waals surface area (Å²) in [6.45, 7) is 2.92. The predicted molar refractivity (Wildman–Crippen MR) is 62.1 cm³/mol. The van der Waals surface area contributed by atoms with E-state index >= 15 is 0 Å². The molecule has 1 saturated heterocycles. The third kappa shape index (κ3) is 2.61. The summed E-state index contributed by atoms with van der Waals surface area (Å²) in [5.41, 5.74) is 2.37. The van der Waals surface area contributed by atoms with Crippen LogP contribution in [0.2, 0.25) is 0 Å². The molecule has 5 nitrogen and oxygen atoms in total. The first-order valence-electron chi connectivity index (χ1n) is 5.85. The van der Waals surface area contributed by atoms with Gasteiger partial charge in [-0.2, -0.15) is 0 Å². The van der Waals surface area contributed by atoms with E-state index in [9.17, 15) is 4.79 Å². The largest absolute Gasteiger partial charge is 0.467 e. The SMILES string of the molecule is CONC(=O)N1CCC(C)CC1c1ccco1. The second-order valence-electron chi connectivity index (χ2n) is 4.47. The number of nitrogens with zero attached hydrogens (tertiary/aromatic N) is 1. The fourth-order valence-corrected chi connectivity index (χ4v) is 2.28. The van der Waals surface area contributed by atoms with E-state index in [4.69, 9.17) is 4.42 Å². The Kier molecular flexibility index (Phi) is 3.68. The lowest BCUT2D eigenvalue weighted by molar-refractivity contribution is 0.0594. The van der Waals surface area contributed by atoms with E-state index in [1.165, 1.54) is 7.11 Å². The monoisotopic (exact) mass is 238 g/mol. The molecule has 1 aromatic heterocycles. The molecule has 1 fully saturated rings. The third-order valence-electron chi connectivity index (χ3n) is 3.19. The lowest BCUT2D eigenvalue weighted by Gasteiger charge is -2.36. The fraction of sp³-hybridized carbons (Fsp3) is 0.583. The molecule has 0 aromatic carbocycles. The summed E-state index contributed by atoms with van der Waals surface area (Å²) in [5.74, 6) is 1.43. The number of urea groups is 1. The van der Waals surface area contributed by atoms with Gasteiger partial charge >= 0.3 is 6.03 Å². The molecular weight excluding hydrogens is 220 g/mol. The van der Waals surface area contributed by atoms with Crippen LogP contribution in [0.15, 0.2) is 22.8 Å². The number of nitrogens with one attached hydrogen (secondary N) is 1. The van der Waals surface area contributed by atoms with Crippen LogP contribution in [-0.2, 0) is 4.84 Å². The minimum absolute atomic E-state index is 0.00361. The molecule has 0 spiro atoms. The lowest BCUT2D eigenvalue weighted by atomic mass is 9.91. The van der Waals surface area contributed by atoms with Crippen LogP contribution in [0.1, 0.15) is 31.6 Å². The molecule has 1 N–H and O–H groups in total. The van der Waals surface area contributed by atoms with Crippen molar-refractivity contribution < 1.29 is 14.0 Å². The lowest BCUT2D eigenvalue weighted by Crippen LogP contribution is -2.45. The zero-order valence-corrected chi connectivity index (χ0v) is 10.2. The topological polar surface area (TPSA) is 54.7 Å². The van der Waals surface area contributed by atoms with Gasteiger partial charge in [-0.3, -0.25) is 4.84 Å². The van der Waals surface area contributed by atoms with Crippen LogP contribution in [0.3, 0.4) is 0 Å². The summed E-state index contributed by atoms with van der Waals surface area (Å²) in [5, 5.41) is 0. The summed E-state index contributed by atoms with van der Waals surface area (Å²) in [4.78, 5) is 18.3. The number of carbonyl (C=O) groups is 1. The molecule has 1 aliphatic heterocycles. The van der Waals surface area contributed by atoms with Crippen molar-refractivity contribution >= 4 is 6.03 Å². The standard InChI is InChI=1S/C12H18N2O3/c1-9-5-6-14(12(15)13-16-2)10(8-9)11-4-3-7-17-11/h3-4,7,9-10H,5-6,8H2,1-2H3,(H,13,15). The Morgan fingerprint density at radius 2 is 2.47 bits per heavy atom. The Hall–Kier alpha value is -1.49. The Morgan fingerprint density at radius 1 is 1.65 bits per heavy atom. The van der Waals surface area contributed by atoms with E-state index in [0.29, 0.717) is 5.92 Å². The molecular formula is C12H18N2O3. The Balaban J connectivity index is 2.14. The molecule has 17 heavy (non-hydrogen) atoms. The highest BCUT2D eigenvalue weighted by atomic mass is 16.6. The first-order valence-corrected chi connectivity index (χ1v) is 5.85. The summed E-state index contributed by atoms with van der Waals surface area (Å²) in [6.07, 6.45) is 3.57. The van der Waals surface area contributed by atoms with Crippen LogP contribution in [0.25, 0.3) is 0 Å². The molecule has 0 radical (unpaired) electrons. The van der Waals surface area contributed by atoms with Gasteiger partial charge < -0.3 is 9.32 Å². The number of likely N-dealkylation sites (tertiary alicyclic amines) is 1. The molecule has 0 saturated carbocycles. The zero-order valence-electron chi connectivity index (χ0n) is 10.2. The number of hydroxylamine groups is 1. The maximum absolute atomic E-state index is 11.9. The summed E-state index contributed by atoms with van der Waals surface area (Å²) in [6, 6.07) is 3.56. The Morgan fingerprint density at radius 3 is 3.12 bits per heavy atom. The smallest absolute Gasteiger partial charge is 0.341 e. The number of furan rings is 1. The second kappa shape index (κ2) is 5.23. The normalized spacial score (nSPS) is 24.7. The van der Waals surface area contributed by atoms with E-state index in [1.807, 2.05) is 12.1 Å². The van der Waals surface area contributed by atoms with E-state index in [-0.39, 0.29) is 12.1 Å². The van der Waals surface area contributed by atoms with Crippen LogP contribution < -0.4 is 5.48 Å². The molecule has 0 aliphatic carbocycles. The third-order valence-corrected chi connectivity index (χ3v) is 3.19. The van der Waals surface area contributed by atoms with Gasteiger partial charge in [0.15, 0.2) is 0 Å². The number of amides is 2. The van der Waals surface area contributed by atoms with E-state index in [0.717, 1.165) is 25.1 Å². The van der Waals surface area contributed by atoms with Gasteiger partial charge in [0.1, 0.15) is 5.76 Å². The van der Waals surface area contributed by atoms with Gasteiger partial charge in [0.05, 0.1) is 19.4 Å². The van der Waals surface area contributed by atoms with E-state index in [1.54, 1.807) is 11.2 Å². The summed E-state index contributed by atoms with van der Waals surface area (Å²) in [7, 11) is 1.44. The van der Waals surface area contributed by atoms with Crippen LogP contribution in [0.4, 0.5) is 4.79 Å². The van der Waals surface area contributed by atoms with Crippen molar-refractivity contribution in [2.24, 2.45) is 5.92 Å². The van der Waals surface area contributed by atoms with Crippen molar-refractivity contribution in [2.75, 3.05) is 13.7 Å². The average Bonchev–Trinajstić information content (AvgIpc) is 2.82. The molecule has 1 aromatic rings. The molecule has 0 bridgehead atoms. The average molecular weight is 238 g/mol. The quantitative estimate of drug-likeness (QED) is 0.804. The molecule has 2 heterocycles. The Labute approximate surface area is 101 Å². The van der Waals surface area contributed by atoms with Crippen molar-refractivity contribution in [1.82, 2.24) is 10.4 Å². The van der Waals surface area contributed by atoms with Gasteiger partial charge in [0, 0.05) is 6.54 Å². The molecule has 2 amide bonds. The number of carbonyl (C=O) groups excluding carboxylic acids is 1. The van der Waals surface area contributed by atoms with Gasteiger partial charge in [-0.05, 0) is 30.9 Å². The van der Waals surface area contributed by atoms with E-state index in [2.05, 4.69) is 17.2 Å². The maximum Gasteiger partial charge on any atom is 0.341 e. The van der Waals surface area contributed by atoms with Gasteiger partial charge in [0.2, 0.25) is 0 Å².